The Balaban J connectivity index is 2.25. The summed E-state index contributed by atoms with van der Waals surface area (Å²) in [5.74, 6) is -0.292. The predicted molar refractivity (Wildman–Crippen MR) is 81.3 cm³/mol. The number of halogens is 3. The van der Waals surface area contributed by atoms with E-state index in [2.05, 4.69) is 36.8 Å². The molecule has 0 bridgehead atoms. The van der Waals surface area contributed by atoms with Gasteiger partial charge in [-0.05, 0) is 49.6 Å². The summed E-state index contributed by atoms with van der Waals surface area (Å²) in [5, 5.41) is 10.2. The molecule has 106 valence electrons. The van der Waals surface area contributed by atoms with Crippen LogP contribution in [-0.4, -0.2) is 17.2 Å². The maximum atomic E-state index is 14.0. The fourth-order valence-corrected chi connectivity index (χ4v) is 3.10. The van der Waals surface area contributed by atoms with Crippen molar-refractivity contribution in [3.63, 3.8) is 0 Å². The van der Waals surface area contributed by atoms with Crippen molar-refractivity contribution in [1.82, 2.24) is 4.98 Å². The SMILES string of the molecule is COc1cccc(CC(O)c2ncc(Br)cc2Br)c1F. The van der Waals surface area contributed by atoms with E-state index in [0.29, 0.717) is 15.7 Å². The first kappa shape index (κ1) is 15.4. The summed E-state index contributed by atoms with van der Waals surface area (Å²) in [6.45, 7) is 0. The number of methoxy groups -OCH3 is 1. The zero-order valence-electron chi connectivity index (χ0n) is 10.6. The maximum absolute atomic E-state index is 14.0. The van der Waals surface area contributed by atoms with E-state index < -0.39 is 11.9 Å². The molecule has 6 heteroatoms. The summed E-state index contributed by atoms with van der Waals surface area (Å²) in [7, 11) is 1.41. The first-order valence-corrected chi connectivity index (χ1v) is 7.42. The highest BCUT2D eigenvalue weighted by Gasteiger charge is 2.17. The van der Waals surface area contributed by atoms with Crippen molar-refractivity contribution in [2.45, 2.75) is 12.5 Å². The van der Waals surface area contributed by atoms with Gasteiger partial charge in [-0.1, -0.05) is 12.1 Å². The molecule has 2 aromatic rings. The predicted octanol–water partition coefficient (Wildman–Crippen LogP) is 4.03. The average Bonchev–Trinajstić information content (AvgIpc) is 2.41. The van der Waals surface area contributed by atoms with Crippen LogP contribution in [0.3, 0.4) is 0 Å². The molecule has 1 aromatic carbocycles. The fourth-order valence-electron chi connectivity index (χ4n) is 1.85. The van der Waals surface area contributed by atoms with Crippen molar-refractivity contribution in [3.05, 3.63) is 56.5 Å². The number of hydrogen-bond acceptors (Lipinski definition) is 3. The Morgan fingerprint density at radius 3 is 2.80 bits per heavy atom. The summed E-state index contributed by atoms with van der Waals surface area (Å²) < 4.78 is 20.4. The van der Waals surface area contributed by atoms with E-state index in [1.54, 1.807) is 30.5 Å². The van der Waals surface area contributed by atoms with Crippen molar-refractivity contribution in [2.75, 3.05) is 7.11 Å². The Morgan fingerprint density at radius 2 is 2.15 bits per heavy atom. The van der Waals surface area contributed by atoms with Crippen LogP contribution < -0.4 is 4.74 Å². The van der Waals surface area contributed by atoms with Crippen LogP contribution in [-0.2, 0) is 6.42 Å². The second-order valence-electron chi connectivity index (χ2n) is 4.17. The number of ether oxygens (including phenoxy) is 1. The Morgan fingerprint density at radius 1 is 1.40 bits per heavy atom. The topological polar surface area (TPSA) is 42.4 Å². The van der Waals surface area contributed by atoms with E-state index in [4.69, 9.17) is 4.74 Å². The van der Waals surface area contributed by atoms with Crippen LogP contribution in [0.15, 0.2) is 39.4 Å². The van der Waals surface area contributed by atoms with E-state index in [-0.39, 0.29) is 12.2 Å². The second kappa shape index (κ2) is 6.65. The maximum Gasteiger partial charge on any atom is 0.168 e. The number of aliphatic hydroxyl groups excluding tert-OH is 1. The summed E-state index contributed by atoms with van der Waals surface area (Å²) in [5.41, 5.74) is 0.851. The summed E-state index contributed by atoms with van der Waals surface area (Å²) in [6, 6.07) is 6.63. The lowest BCUT2D eigenvalue weighted by Gasteiger charge is -2.13. The highest BCUT2D eigenvalue weighted by molar-refractivity contribution is 9.11. The number of aromatic nitrogens is 1. The highest BCUT2D eigenvalue weighted by atomic mass is 79.9. The van der Waals surface area contributed by atoms with Gasteiger partial charge in [0.25, 0.3) is 0 Å². The quantitative estimate of drug-likeness (QED) is 0.836. The molecule has 0 spiro atoms. The lowest BCUT2D eigenvalue weighted by molar-refractivity contribution is 0.171. The molecule has 1 aromatic heterocycles. The summed E-state index contributed by atoms with van der Waals surface area (Å²) in [4.78, 5) is 4.15. The van der Waals surface area contributed by atoms with Crippen LogP contribution in [0.25, 0.3) is 0 Å². The van der Waals surface area contributed by atoms with Gasteiger partial charge in [-0.25, -0.2) is 4.39 Å². The molecular weight excluding hydrogens is 393 g/mol. The van der Waals surface area contributed by atoms with Crippen molar-refractivity contribution < 1.29 is 14.2 Å². The molecule has 0 fully saturated rings. The van der Waals surface area contributed by atoms with Crippen LogP contribution in [0.5, 0.6) is 5.75 Å². The molecular formula is C14H12Br2FNO2. The number of rotatable bonds is 4. The van der Waals surface area contributed by atoms with Gasteiger partial charge in [0, 0.05) is 21.6 Å². The number of nitrogens with zero attached hydrogens (tertiary/aromatic N) is 1. The van der Waals surface area contributed by atoms with E-state index in [1.807, 2.05) is 0 Å². The molecule has 20 heavy (non-hydrogen) atoms. The molecule has 3 nitrogen and oxygen atoms in total. The van der Waals surface area contributed by atoms with Gasteiger partial charge >= 0.3 is 0 Å². The van der Waals surface area contributed by atoms with Crippen LogP contribution in [0.4, 0.5) is 4.39 Å². The van der Waals surface area contributed by atoms with Gasteiger partial charge in [0.2, 0.25) is 0 Å². The van der Waals surface area contributed by atoms with Crippen LogP contribution in [0, 0.1) is 5.82 Å². The van der Waals surface area contributed by atoms with Crippen LogP contribution >= 0.6 is 31.9 Å². The third-order valence-electron chi connectivity index (χ3n) is 2.83. The average molecular weight is 405 g/mol. The Hall–Kier alpha value is -0.980. The van der Waals surface area contributed by atoms with E-state index in [1.165, 1.54) is 7.11 Å². The van der Waals surface area contributed by atoms with E-state index in [9.17, 15) is 9.50 Å². The summed E-state index contributed by atoms with van der Waals surface area (Å²) >= 11 is 6.63. The van der Waals surface area contributed by atoms with E-state index >= 15 is 0 Å². The highest BCUT2D eigenvalue weighted by Crippen LogP contribution is 2.29. The standard InChI is InChI=1S/C14H12Br2FNO2/c1-20-12-4-2-3-8(13(12)17)5-11(19)14-10(16)6-9(15)7-18-14/h2-4,6-7,11,19H,5H2,1H3. The monoisotopic (exact) mass is 403 g/mol. The van der Waals surface area contributed by atoms with Gasteiger partial charge in [-0.3, -0.25) is 4.98 Å². The van der Waals surface area contributed by atoms with Gasteiger partial charge in [0.1, 0.15) is 6.10 Å². The van der Waals surface area contributed by atoms with E-state index in [0.717, 1.165) is 4.47 Å². The molecule has 2 rings (SSSR count). The fraction of sp³-hybridized carbons (Fsp3) is 0.214. The minimum Gasteiger partial charge on any atom is -0.494 e. The lowest BCUT2D eigenvalue weighted by atomic mass is 10.0. The molecule has 1 N–H and O–H groups in total. The largest absolute Gasteiger partial charge is 0.494 e. The number of hydrogen-bond donors (Lipinski definition) is 1. The van der Waals surface area contributed by atoms with Crippen molar-refractivity contribution >= 4 is 31.9 Å². The first-order valence-electron chi connectivity index (χ1n) is 5.83. The van der Waals surface area contributed by atoms with Gasteiger partial charge in [0.05, 0.1) is 12.8 Å². The van der Waals surface area contributed by atoms with Gasteiger partial charge < -0.3 is 9.84 Å². The van der Waals surface area contributed by atoms with Crippen LogP contribution in [0.2, 0.25) is 0 Å². The van der Waals surface area contributed by atoms with Gasteiger partial charge in [-0.15, -0.1) is 0 Å². The first-order chi connectivity index (χ1) is 9.52. The number of aliphatic hydroxyl groups is 1. The smallest absolute Gasteiger partial charge is 0.168 e. The van der Waals surface area contributed by atoms with Crippen LogP contribution in [0.1, 0.15) is 17.4 Å². The zero-order valence-corrected chi connectivity index (χ0v) is 13.8. The molecule has 0 saturated carbocycles. The number of benzene rings is 1. The Kier molecular flexibility index (Phi) is 5.12. The molecule has 1 atom stereocenters. The van der Waals surface area contributed by atoms with Crippen molar-refractivity contribution in [2.24, 2.45) is 0 Å². The number of pyridine rings is 1. The van der Waals surface area contributed by atoms with Gasteiger partial charge in [-0.2, -0.15) is 0 Å². The molecule has 0 aliphatic carbocycles. The summed E-state index contributed by atoms with van der Waals surface area (Å²) in [6.07, 6.45) is 0.806. The molecule has 0 amide bonds. The minimum atomic E-state index is -0.904. The third-order valence-corrected chi connectivity index (χ3v) is 3.90. The molecule has 1 unspecified atom stereocenters. The molecule has 0 saturated heterocycles. The lowest BCUT2D eigenvalue weighted by Crippen LogP contribution is -2.07. The Bertz CT molecular complexity index is 622. The zero-order chi connectivity index (χ0) is 14.7. The minimum absolute atomic E-state index is 0.121. The molecule has 1 heterocycles. The second-order valence-corrected chi connectivity index (χ2v) is 5.94. The van der Waals surface area contributed by atoms with Gasteiger partial charge in [0.15, 0.2) is 11.6 Å². The third kappa shape index (κ3) is 3.37. The molecule has 0 aliphatic rings. The van der Waals surface area contributed by atoms with Crippen molar-refractivity contribution in [3.8, 4) is 5.75 Å². The molecule has 0 radical (unpaired) electrons. The Labute approximate surface area is 133 Å². The molecule has 0 aliphatic heterocycles. The normalized spacial score (nSPS) is 12.2. The van der Waals surface area contributed by atoms with Crippen molar-refractivity contribution in [1.29, 1.82) is 0 Å².